The van der Waals surface area contributed by atoms with Crippen molar-refractivity contribution in [1.29, 1.82) is 5.26 Å². The zero-order valence-electron chi connectivity index (χ0n) is 16.1. The molecule has 1 aromatic carbocycles. The van der Waals surface area contributed by atoms with Gasteiger partial charge in [-0.3, -0.25) is 9.59 Å². The van der Waals surface area contributed by atoms with Crippen LogP contribution in [0.25, 0.3) is 0 Å². The molecule has 148 valence electrons. The third-order valence-corrected chi connectivity index (χ3v) is 6.92. The number of likely N-dealkylation sites (tertiary alicyclic amines) is 1. The van der Waals surface area contributed by atoms with Crippen LogP contribution in [0.3, 0.4) is 0 Å². The smallest absolute Gasteiger partial charge is 0.232 e. The van der Waals surface area contributed by atoms with Gasteiger partial charge in [0.15, 0.2) is 0 Å². The topological polar surface area (TPSA) is 73.2 Å². The molecule has 1 aromatic rings. The summed E-state index contributed by atoms with van der Waals surface area (Å²) < 4.78 is 0. The van der Waals surface area contributed by atoms with Crippen molar-refractivity contribution in [1.82, 2.24) is 10.2 Å². The Morgan fingerprint density at radius 3 is 2.50 bits per heavy atom. The van der Waals surface area contributed by atoms with Crippen molar-refractivity contribution in [3.63, 3.8) is 0 Å². The lowest BCUT2D eigenvalue weighted by Crippen LogP contribution is -2.35. The summed E-state index contributed by atoms with van der Waals surface area (Å²) in [5.74, 6) is -0.0376. The van der Waals surface area contributed by atoms with Gasteiger partial charge in [-0.15, -0.1) is 11.8 Å². The number of rotatable bonds is 5. The second-order valence-electron chi connectivity index (χ2n) is 7.02. The van der Waals surface area contributed by atoms with Crippen LogP contribution in [0.4, 0.5) is 0 Å². The molecule has 2 aliphatic rings. The summed E-state index contributed by atoms with van der Waals surface area (Å²) in [4.78, 5) is 27.9. The first-order chi connectivity index (χ1) is 13.6. The molecule has 1 atom stereocenters. The Hall–Kier alpha value is -1.91. The number of amides is 2. The molecule has 7 heteroatoms. The van der Waals surface area contributed by atoms with Crippen LogP contribution in [0.5, 0.6) is 0 Å². The minimum absolute atomic E-state index is 0.0809. The molecule has 1 saturated heterocycles. The SMILES string of the molecule is CSc1ccc([C@H]2CC(=O)NC(SCC(=O)N3CCCCCC3)=C2C#N)cc1. The average Bonchev–Trinajstić information content (AvgIpc) is 3.01. The molecule has 5 nitrogen and oxygen atoms in total. The van der Waals surface area contributed by atoms with E-state index >= 15 is 0 Å². The number of nitrogens with zero attached hydrogens (tertiary/aromatic N) is 2. The zero-order valence-corrected chi connectivity index (χ0v) is 17.7. The molecule has 0 bridgehead atoms. The van der Waals surface area contributed by atoms with Crippen LogP contribution in [0.1, 0.15) is 43.6 Å². The first-order valence-electron chi connectivity index (χ1n) is 9.61. The van der Waals surface area contributed by atoms with Crippen LogP contribution in [-0.2, 0) is 9.59 Å². The van der Waals surface area contributed by atoms with Gasteiger partial charge in [-0.25, -0.2) is 0 Å². The van der Waals surface area contributed by atoms with Crippen molar-refractivity contribution in [2.45, 2.75) is 42.9 Å². The third-order valence-electron chi connectivity index (χ3n) is 5.17. The summed E-state index contributed by atoms with van der Waals surface area (Å²) in [6.07, 6.45) is 6.72. The number of nitrogens with one attached hydrogen (secondary N) is 1. The Kier molecular flexibility index (Phi) is 7.46. The fourth-order valence-corrected chi connectivity index (χ4v) is 4.99. The van der Waals surface area contributed by atoms with Gasteiger partial charge in [0.1, 0.15) is 0 Å². The Labute approximate surface area is 174 Å². The number of hydrogen-bond donors (Lipinski definition) is 1. The molecule has 2 aliphatic heterocycles. The van der Waals surface area contributed by atoms with Crippen LogP contribution in [0.2, 0.25) is 0 Å². The summed E-state index contributed by atoms with van der Waals surface area (Å²) in [6, 6.07) is 10.3. The number of thioether (sulfide) groups is 2. The van der Waals surface area contributed by atoms with Crippen LogP contribution in [0.15, 0.2) is 39.8 Å². The molecular formula is C21H25N3O2S2. The lowest BCUT2D eigenvalue weighted by molar-refractivity contribution is -0.128. The van der Waals surface area contributed by atoms with E-state index in [2.05, 4.69) is 11.4 Å². The molecular weight excluding hydrogens is 390 g/mol. The summed E-state index contributed by atoms with van der Waals surface area (Å²) in [5.41, 5.74) is 1.51. The van der Waals surface area contributed by atoms with Crippen molar-refractivity contribution in [2.24, 2.45) is 0 Å². The van der Waals surface area contributed by atoms with Crippen LogP contribution in [-0.4, -0.2) is 41.8 Å². The number of hydrogen-bond acceptors (Lipinski definition) is 5. The van der Waals surface area contributed by atoms with Gasteiger partial charge in [-0.2, -0.15) is 5.26 Å². The molecule has 0 spiro atoms. The first kappa shape index (κ1) is 20.8. The van der Waals surface area contributed by atoms with E-state index < -0.39 is 0 Å². The Balaban J connectivity index is 1.75. The molecule has 0 saturated carbocycles. The molecule has 1 N–H and O–H groups in total. The molecule has 0 unspecified atom stereocenters. The van der Waals surface area contributed by atoms with Gasteiger partial charge in [0.05, 0.1) is 22.4 Å². The molecule has 0 radical (unpaired) electrons. The van der Waals surface area contributed by atoms with Gasteiger partial charge >= 0.3 is 0 Å². The molecule has 1 fully saturated rings. The van der Waals surface area contributed by atoms with E-state index in [1.165, 1.54) is 24.6 Å². The Bertz CT molecular complexity index is 791. The second-order valence-corrected chi connectivity index (χ2v) is 8.88. The maximum atomic E-state index is 12.6. The Morgan fingerprint density at radius 1 is 1.21 bits per heavy atom. The standard InChI is InChI=1S/C21H25N3O2S2/c1-27-16-8-6-15(7-9-16)17-12-19(25)23-21(18(17)13-22)28-14-20(26)24-10-4-2-3-5-11-24/h6-9,17H,2-5,10-12,14H2,1H3,(H,23,25)/t17-/m1/s1. The number of carbonyl (C=O) groups excluding carboxylic acids is 2. The molecule has 2 amide bonds. The highest BCUT2D eigenvalue weighted by molar-refractivity contribution is 8.03. The summed E-state index contributed by atoms with van der Waals surface area (Å²) >= 11 is 2.93. The number of nitriles is 1. The molecule has 0 aliphatic carbocycles. The van der Waals surface area contributed by atoms with Crippen molar-refractivity contribution in [2.75, 3.05) is 25.1 Å². The van der Waals surface area contributed by atoms with E-state index in [-0.39, 0.29) is 29.9 Å². The van der Waals surface area contributed by atoms with Crippen molar-refractivity contribution in [3.05, 3.63) is 40.4 Å². The van der Waals surface area contributed by atoms with E-state index in [0.29, 0.717) is 10.6 Å². The van der Waals surface area contributed by atoms with E-state index in [4.69, 9.17) is 0 Å². The van der Waals surface area contributed by atoms with Crippen molar-refractivity contribution >= 4 is 35.3 Å². The minimum Gasteiger partial charge on any atom is -0.342 e. The van der Waals surface area contributed by atoms with Crippen LogP contribution >= 0.6 is 23.5 Å². The largest absolute Gasteiger partial charge is 0.342 e. The van der Waals surface area contributed by atoms with Gasteiger partial charge < -0.3 is 10.2 Å². The fraction of sp³-hybridized carbons (Fsp3) is 0.476. The average molecular weight is 416 g/mol. The summed E-state index contributed by atoms with van der Waals surface area (Å²) in [7, 11) is 0. The quantitative estimate of drug-likeness (QED) is 0.739. The first-order valence-corrected chi connectivity index (χ1v) is 11.8. The predicted octanol–water partition coefficient (Wildman–Crippen LogP) is 3.88. The third kappa shape index (κ3) is 5.12. The minimum atomic E-state index is -0.259. The van der Waals surface area contributed by atoms with Crippen LogP contribution < -0.4 is 5.32 Å². The number of carbonyl (C=O) groups is 2. The number of allylic oxidation sites excluding steroid dienone is 1. The normalized spacial score (nSPS) is 20.4. The lowest BCUT2D eigenvalue weighted by Gasteiger charge is -2.26. The number of benzene rings is 1. The van der Waals surface area contributed by atoms with Crippen molar-refractivity contribution < 1.29 is 9.59 Å². The highest BCUT2D eigenvalue weighted by Gasteiger charge is 2.30. The van der Waals surface area contributed by atoms with Gasteiger partial charge in [0.2, 0.25) is 11.8 Å². The summed E-state index contributed by atoms with van der Waals surface area (Å²) in [5, 5.41) is 13.1. The van der Waals surface area contributed by atoms with Crippen molar-refractivity contribution in [3.8, 4) is 6.07 Å². The zero-order chi connectivity index (χ0) is 19.9. The summed E-state index contributed by atoms with van der Waals surface area (Å²) in [6.45, 7) is 1.61. The fourth-order valence-electron chi connectivity index (χ4n) is 3.60. The molecule has 2 heterocycles. The van der Waals surface area contributed by atoms with E-state index in [1.807, 2.05) is 35.4 Å². The lowest BCUT2D eigenvalue weighted by atomic mass is 9.87. The molecule has 0 aromatic heterocycles. The van der Waals surface area contributed by atoms with Gasteiger partial charge in [0, 0.05) is 30.3 Å². The predicted molar refractivity (Wildman–Crippen MR) is 114 cm³/mol. The van der Waals surface area contributed by atoms with E-state index in [0.717, 1.165) is 36.4 Å². The monoisotopic (exact) mass is 415 g/mol. The van der Waals surface area contributed by atoms with Crippen LogP contribution in [0, 0.1) is 11.3 Å². The van der Waals surface area contributed by atoms with E-state index in [9.17, 15) is 14.9 Å². The molecule has 28 heavy (non-hydrogen) atoms. The maximum Gasteiger partial charge on any atom is 0.232 e. The van der Waals surface area contributed by atoms with E-state index in [1.54, 1.807) is 11.8 Å². The second kappa shape index (κ2) is 10.0. The Morgan fingerprint density at radius 2 is 1.89 bits per heavy atom. The molecule has 3 rings (SSSR count). The van der Waals surface area contributed by atoms with Gasteiger partial charge in [-0.1, -0.05) is 36.7 Å². The maximum absolute atomic E-state index is 12.6. The van der Waals surface area contributed by atoms with Gasteiger partial charge in [-0.05, 0) is 36.8 Å². The van der Waals surface area contributed by atoms with Gasteiger partial charge in [0.25, 0.3) is 0 Å². The highest BCUT2D eigenvalue weighted by atomic mass is 32.2. The highest BCUT2D eigenvalue weighted by Crippen LogP contribution is 2.36.